The van der Waals surface area contributed by atoms with E-state index in [1.165, 1.54) is 26.4 Å². The molecule has 9 heteroatoms. The average molecular weight is 423 g/mol. The Labute approximate surface area is 170 Å². The Kier molecular flexibility index (Phi) is 5.82. The highest BCUT2D eigenvalue weighted by Gasteiger charge is 2.31. The summed E-state index contributed by atoms with van der Waals surface area (Å²) in [6, 6.07) is 6.42. The van der Waals surface area contributed by atoms with Crippen LogP contribution in [-0.2, 0) is 6.42 Å². The quantitative estimate of drug-likeness (QED) is 0.597. The Morgan fingerprint density at radius 2 is 1.63 bits per heavy atom. The number of H-pyrrole nitrogens is 1. The van der Waals surface area contributed by atoms with Crippen LogP contribution in [0.2, 0.25) is 0 Å². The van der Waals surface area contributed by atoms with Crippen molar-refractivity contribution in [1.82, 2.24) is 4.98 Å². The van der Waals surface area contributed by atoms with Crippen LogP contribution in [0.5, 0.6) is 28.7 Å². The number of benzene rings is 2. The van der Waals surface area contributed by atoms with Crippen LogP contribution >= 0.6 is 0 Å². The number of hydrogen-bond acceptors (Lipinski definition) is 5. The number of nitrogens with one attached hydrogen (secondary N) is 1. The summed E-state index contributed by atoms with van der Waals surface area (Å²) in [5, 5.41) is 0.263. The first-order chi connectivity index (χ1) is 14.2. The number of pyridine rings is 1. The number of fused-ring (bicyclic) bond motifs is 1. The average Bonchev–Trinajstić information content (AvgIpc) is 2.70. The van der Waals surface area contributed by atoms with Crippen molar-refractivity contribution < 1.29 is 32.1 Å². The van der Waals surface area contributed by atoms with Crippen LogP contribution in [0.1, 0.15) is 18.2 Å². The summed E-state index contributed by atoms with van der Waals surface area (Å²) < 4.78 is 57.5. The topological polar surface area (TPSA) is 69.8 Å². The summed E-state index contributed by atoms with van der Waals surface area (Å²) in [7, 11) is 2.86. The SMILES string of the molecule is CCc1[nH]c2c(OC)cc(Oc3ccc(OC(F)(F)F)cc3)c(OC)c2c(=O)c1C. The molecule has 0 radical (unpaired) electrons. The fraction of sp³-hybridized carbons (Fsp3) is 0.286. The number of aromatic nitrogens is 1. The van der Waals surface area contributed by atoms with Crippen molar-refractivity contribution in [2.24, 2.45) is 0 Å². The molecule has 0 spiro atoms. The van der Waals surface area contributed by atoms with E-state index in [-0.39, 0.29) is 33.8 Å². The standard InChI is InChI=1S/C21H20F3NO5/c1-5-14-11(2)19(26)17-18(25-14)15(27-3)10-16(20(17)28-4)29-12-6-8-13(9-7-12)30-21(22,23)24/h6-10H,5H2,1-4H3,(H,25,26). The highest BCUT2D eigenvalue weighted by atomic mass is 19.4. The summed E-state index contributed by atoms with van der Waals surface area (Å²) in [5.41, 5.74) is 1.58. The van der Waals surface area contributed by atoms with Crippen LogP contribution < -0.4 is 24.4 Å². The molecule has 0 aliphatic heterocycles. The molecule has 1 aromatic heterocycles. The first-order valence-corrected chi connectivity index (χ1v) is 9.02. The summed E-state index contributed by atoms with van der Waals surface area (Å²) in [6.07, 6.45) is -4.15. The third-order valence-electron chi connectivity index (χ3n) is 4.57. The van der Waals surface area contributed by atoms with Crippen molar-refractivity contribution in [2.75, 3.05) is 14.2 Å². The van der Waals surface area contributed by atoms with E-state index >= 15 is 0 Å². The van der Waals surface area contributed by atoms with Gasteiger partial charge in [-0.3, -0.25) is 4.79 Å². The molecule has 3 rings (SSSR count). The molecule has 2 aromatic carbocycles. The molecule has 0 aliphatic rings. The van der Waals surface area contributed by atoms with Crippen molar-refractivity contribution in [1.29, 1.82) is 0 Å². The summed E-state index contributed by atoms with van der Waals surface area (Å²) in [4.78, 5) is 16.2. The molecule has 0 saturated heterocycles. The van der Waals surface area contributed by atoms with Gasteiger partial charge in [0.1, 0.15) is 17.2 Å². The Morgan fingerprint density at radius 3 is 2.17 bits per heavy atom. The predicted octanol–water partition coefficient (Wildman–Crippen LogP) is 5.11. The first kappa shape index (κ1) is 21.4. The lowest BCUT2D eigenvalue weighted by Gasteiger charge is -2.17. The molecule has 0 aliphatic carbocycles. The van der Waals surface area contributed by atoms with Crippen LogP contribution in [0.15, 0.2) is 35.1 Å². The predicted molar refractivity (Wildman–Crippen MR) is 105 cm³/mol. The molecule has 6 nitrogen and oxygen atoms in total. The molecule has 0 amide bonds. The molecule has 0 saturated carbocycles. The van der Waals surface area contributed by atoms with Gasteiger partial charge in [-0.2, -0.15) is 0 Å². The van der Waals surface area contributed by atoms with Gasteiger partial charge in [0.05, 0.1) is 25.1 Å². The zero-order chi connectivity index (χ0) is 22.1. The minimum Gasteiger partial charge on any atom is -0.494 e. The van der Waals surface area contributed by atoms with Crippen LogP contribution in [-0.4, -0.2) is 25.6 Å². The number of aromatic amines is 1. The zero-order valence-electron chi connectivity index (χ0n) is 16.8. The molecule has 1 heterocycles. The maximum absolute atomic E-state index is 13.0. The lowest BCUT2D eigenvalue weighted by atomic mass is 10.1. The number of halogens is 3. The fourth-order valence-corrected chi connectivity index (χ4v) is 3.16. The number of hydrogen-bond donors (Lipinski definition) is 1. The molecule has 30 heavy (non-hydrogen) atoms. The smallest absolute Gasteiger partial charge is 0.494 e. The molecule has 1 N–H and O–H groups in total. The molecule has 0 unspecified atom stereocenters. The molecule has 160 valence electrons. The number of rotatable bonds is 6. The lowest BCUT2D eigenvalue weighted by molar-refractivity contribution is -0.274. The number of methoxy groups -OCH3 is 2. The van der Waals surface area contributed by atoms with E-state index in [2.05, 4.69) is 9.72 Å². The maximum Gasteiger partial charge on any atom is 0.573 e. The van der Waals surface area contributed by atoms with Crippen molar-refractivity contribution in [2.45, 2.75) is 26.6 Å². The minimum absolute atomic E-state index is 0.181. The van der Waals surface area contributed by atoms with Crippen LogP contribution in [0.25, 0.3) is 10.9 Å². The molecule has 0 fully saturated rings. The molecule has 0 atom stereocenters. The van der Waals surface area contributed by atoms with Gasteiger partial charge in [-0.15, -0.1) is 13.2 Å². The fourth-order valence-electron chi connectivity index (χ4n) is 3.16. The Balaban J connectivity index is 2.10. The maximum atomic E-state index is 13.0. The van der Waals surface area contributed by atoms with E-state index in [1.807, 2.05) is 6.92 Å². The van der Waals surface area contributed by atoms with E-state index < -0.39 is 6.36 Å². The van der Waals surface area contributed by atoms with Crippen molar-refractivity contribution in [3.05, 3.63) is 51.8 Å². The zero-order valence-corrected chi connectivity index (χ0v) is 16.8. The monoisotopic (exact) mass is 423 g/mol. The number of ether oxygens (including phenoxy) is 4. The van der Waals surface area contributed by atoms with Crippen LogP contribution in [0.4, 0.5) is 13.2 Å². The van der Waals surface area contributed by atoms with Gasteiger partial charge in [0.25, 0.3) is 0 Å². The largest absolute Gasteiger partial charge is 0.573 e. The van der Waals surface area contributed by atoms with E-state index in [1.54, 1.807) is 13.0 Å². The summed E-state index contributed by atoms with van der Waals surface area (Å²) in [5.74, 6) is 0.582. The molecule has 3 aromatic rings. The molecular formula is C21H20F3NO5. The normalized spacial score (nSPS) is 11.4. The second kappa shape index (κ2) is 8.17. The Morgan fingerprint density at radius 1 is 1.00 bits per heavy atom. The van der Waals surface area contributed by atoms with E-state index in [4.69, 9.17) is 14.2 Å². The summed E-state index contributed by atoms with van der Waals surface area (Å²) in [6.45, 7) is 3.65. The van der Waals surface area contributed by atoms with Gasteiger partial charge in [-0.1, -0.05) is 6.92 Å². The van der Waals surface area contributed by atoms with Crippen molar-refractivity contribution >= 4 is 10.9 Å². The second-order valence-electron chi connectivity index (χ2n) is 6.39. The number of aryl methyl sites for hydroxylation is 1. The van der Waals surface area contributed by atoms with Crippen LogP contribution in [0, 0.1) is 6.92 Å². The van der Waals surface area contributed by atoms with Crippen molar-refractivity contribution in [3.8, 4) is 28.7 Å². The Bertz CT molecular complexity index is 1120. The first-order valence-electron chi connectivity index (χ1n) is 9.02. The third-order valence-corrected chi connectivity index (χ3v) is 4.57. The van der Waals surface area contributed by atoms with Crippen LogP contribution in [0.3, 0.4) is 0 Å². The van der Waals surface area contributed by atoms with Gasteiger partial charge < -0.3 is 23.9 Å². The van der Waals surface area contributed by atoms with E-state index in [0.29, 0.717) is 23.3 Å². The highest BCUT2D eigenvalue weighted by Crippen LogP contribution is 2.41. The van der Waals surface area contributed by atoms with Gasteiger partial charge in [0.15, 0.2) is 16.9 Å². The van der Waals surface area contributed by atoms with Gasteiger partial charge in [0, 0.05) is 17.3 Å². The van der Waals surface area contributed by atoms with E-state index in [9.17, 15) is 18.0 Å². The lowest BCUT2D eigenvalue weighted by Crippen LogP contribution is -2.16. The second-order valence-corrected chi connectivity index (χ2v) is 6.39. The minimum atomic E-state index is -4.78. The number of alkyl halides is 3. The third kappa shape index (κ3) is 4.14. The van der Waals surface area contributed by atoms with Gasteiger partial charge in [-0.25, -0.2) is 0 Å². The highest BCUT2D eigenvalue weighted by molar-refractivity contribution is 5.93. The van der Waals surface area contributed by atoms with Gasteiger partial charge >= 0.3 is 6.36 Å². The Hall–Kier alpha value is -3.36. The molecule has 0 bridgehead atoms. The molecular weight excluding hydrogens is 403 g/mol. The van der Waals surface area contributed by atoms with E-state index in [0.717, 1.165) is 17.8 Å². The van der Waals surface area contributed by atoms with Gasteiger partial charge in [-0.05, 0) is 37.6 Å². The van der Waals surface area contributed by atoms with Gasteiger partial charge in [0.2, 0.25) is 0 Å². The summed E-state index contributed by atoms with van der Waals surface area (Å²) >= 11 is 0. The van der Waals surface area contributed by atoms with Crippen molar-refractivity contribution in [3.63, 3.8) is 0 Å².